The lowest BCUT2D eigenvalue weighted by Gasteiger charge is -2.26. The van der Waals surface area contributed by atoms with E-state index in [9.17, 15) is 9.50 Å². The molecule has 0 aliphatic carbocycles. The summed E-state index contributed by atoms with van der Waals surface area (Å²) < 4.78 is 25.0. The monoisotopic (exact) mass is 442 g/mol. The lowest BCUT2D eigenvalue weighted by molar-refractivity contribution is -0.213. The Morgan fingerprint density at radius 3 is 2.56 bits per heavy atom. The van der Waals surface area contributed by atoms with Gasteiger partial charge in [-0.2, -0.15) is 0 Å². The molecule has 3 N–H and O–H groups in total. The van der Waals surface area contributed by atoms with E-state index in [4.69, 9.17) is 14.5 Å². The minimum atomic E-state index is -0.695. The van der Waals surface area contributed by atoms with Crippen LogP contribution in [0.4, 0.5) is 10.3 Å². The Bertz CT molecular complexity index is 1030. The SMILES string of the molecule is CC(Nc1nccc(-c2[nH]c(C3OCC(CO)CO3)nc2-c2ccc(F)cc2)n1)N(C)C. The Hall–Kier alpha value is -2.92. The maximum Gasteiger partial charge on any atom is 0.224 e. The Morgan fingerprint density at radius 2 is 1.91 bits per heavy atom. The quantitative estimate of drug-likeness (QED) is 0.479. The van der Waals surface area contributed by atoms with Gasteiger partial charge in [-0.1, -0.05) is 0 Å². The van der Waals surface area contributed by atoms with E-state index in [1.54, 1.807) is 24.4 Å². The number of nitrogens with one attached hydrogen (secondary N) is 2. The van der Waals surface area contributed by atoms with Crippen LogP contribution in [0.15, 0.2) is 36.5 Å². The first-order chi connectivity index (χ1) is 15.4. The third-order valence-corrected chi connectivity index (χ3v) is 5.31. The number of aromatic nitrogens is 4. The molecule has 0 bridgehead atoms. The zero-order chi connectivity index (χ0) is 22.7. The number of aliphatic hydroxyl groups is 1. The summed E-state index contributed by atoms with van der Waals surface area (Å²) in [5.41, 5.74) is 2.59. The van der Waals surface area contributed by atoms with Crippen LogP contribution in [0.2, 0.25) is 0 Å². The number of imidazole rings is 1. The third-order valence-electron chi connectivity index (χ3n) is 5.31. The highest BCUT2D eigenvalue weighted by Gasteiger charge is 2.27. The number of aliphatic hydroxyl groups excluding tert-OH is 1. The summed E-state index contributed by atoms with van der Waals surface area (Å²) >= 11 is 0. The fraction of sp³-hybridized carbons (Fsp3) is 0.409. The topological polar surface area (TPSA) is 108 Å². The van der Waals surface area contributed by atoms with Crippen molar-refractivity contribution in [1.82, 2.24) is 24.8 Å². The van der Waals surface area contributed by atoms with Crippen molar-refractivity contribution in [1.29, 1.82) is 0 Å². The molecule has 4 rings (SSSR count). The van der Waals surface area contributed by atoms with E-state index in [-0.39, 0.29) is 24.5 Å². The largest absolute Gasteiger partial charge is 0.396 e. The van der Waals surface area contributed by atoms with Crippen LogP contribution in [0.3, 0.4) is 0 Å². The van der Waals surface area contributed by atoms with Gasteiger partial charge < -0.3 is 24.9 Å². The summed E-state index contributed by atoms with van der Waals surface area (Å²) in [7, 11) is 3.92. The summed E-state index contributed by atoms with van der Waals surface area (Å²) in [5, 5.41) is 12.5. The molecule has 1 atom stereocenters. The van der Waals surface area contributed by atoms with E-state index < -0.39 is 6.29 Å². The first kappa shape index (κ1) is 22.3. The second-order valence-electron chi connectivity index (χ2n) is 7.95. The van der Waals surface area contributed by atoms with E-state index in [2.05, 4.69) is 20.3 Å². The minimum absolute atomic E-state index is 0.000955. The first-order valence-corrected chi connectivity index (χ1v) is 10.4. The number of ether oxygens (including phenoxy) is 2. The standard InChI is InChI=1S/C22H27FN6O3/c1-13(29(2)3)25-22-24-9-8-17(26-22)19-18(15-4-6-16(23)7-5-15)27-20(28-19)21-31-11-14(10-30)12-32-21/h4-9,13-14,21,30H,10-12H2,1-3H3,(H,27,28)(H,24,25,26). The number of rotatable bonds is 7. The number of hydrogen-bond acceptors (Lipinski definition) is 8. The minimum Gasteiger partial charge on any atom is -0.396 e. The van der Waals surface area contributed by atoms with Gasteiger partial charge in [0, 0.05) is 17.7 Å². The fourth-order valence-electron chi connectivity index (χ4n) is 3.20. The number of aromatic amines is 1. The molecule has 1 unspecified atom stereocenters. The van der Waals surface area contributed by atoms with Crippen molar-refractivity contribution < 1.29 is 19.0 Å². The Morgan fingerprint density at radius 1 is 1.19 bits per heavy atom. The second kappa shape index (κ2) is 9.70. The van der Waals surface area contributed by atoms with E-state index >= 15 is 0 Å². The number of hydrogen-bond donors (Lipinski definition) is 3. The molecule has 32 heavy (non-hydrogen) atoms. The molecule has 3 heterocycles. The molecule has 9 nitrogen and oxygen atoms in total. The highest BCUT2D eigenvalue weighted by Crippen LogP contribution is 2.33. The first-order valence-electron chi connectivity index (χ1n) is 10.4. The fourth-order valence-corrected chi connectivity index (χ4v) is 3.20. The summed E-state index contributed by atoms with van der Waals surface area (Å²) in [5.74, 6) is 0.559. The van der Waals surface area contributed by atoms with E-state index in [0.717, 1.165) is 5.56 Å². The van der Waals surface area contributed by atoms with Gasteiger partial charge in [0.25, 0.3) is 0 Å². The molecule has 0 amide bonds. The van der Waals surface area contributed by atoms with Gasteiger partial charge in [0.1, 0.15) is 5.82 Å². The molecule has 1 saturated heterocycles. The molecule has 1 aliphatic rings. The van der Waals surface area contributed by atoms with Crippen molar-refractivity contribution in [3.63, 3.8) is 0 Å². The summed E-state index contributed by atoms with van der Waals surface area (Å²) in [6.07, 6.45) is 1.00. The summed E-state index contributed by atoms with van der Waals surface area (Å²) in [6, 6.07) is 7.88. The van der Waals surface area contributed by atoms with Crippen LogP contribution >= 0.6 is 0 Å². The van der Waals surface area contributed by atoms with E-state index in [0.29, 0.717) is 42.1 Å². The van der Waals surface area contributed by atoms with Crippen molar-refractivity contribution in [2.45, 2.75) is 19.4 Å². The average Bonchev–Trinajstić information content (AvgIpc) is 3.25. The average molecular weight is 442 g/mol. The zero-order valence-corrected chi connectivity index (χ0v) is 18.2. The smallest absolute Gasteiger partial charge is 0.224 e. The van der Waals surface area contributed by atoms with Crippen LogP contribution in [-0.4, -0.2) is 70.0 Å². The number of nitrogens with zero attached hydrogens (tertiary/aromatic N) is 4. The van der Waals surface area contributed by atoms with Gasteiger partial charge in [-0.15, -0.1) is 0 Å². The maximum atomic E-state index is 13.5. The van der Waals surface area contributed by atoms with Crippen molar-refractivity contribution in [2.75, 3.05) is 39.2 Å². The van der Waals surface area contributed by atoms with Crippen LogP contribution in [-0.2, 0) is 9.47 Å². The molecule has 1 aromatic carbocycles. The predicted molar refractivity (Wildman–Crippen MR) is 117 cm³/mol. The van der Waals surface area contributed by atoms with Crippen molar-refractivity contribution in [3.05, 3.63) is 48.2 Å². The Labute approximate surface area is 185 Å². The number of benzene rings is 1. The van der Waals surface area contributed by atoms with Crippen LogP contribution in [0.25, 0.3) is 22.6 Å². The van der Waals surface area contributed by atoms with Crippen LogP contribution in [0.5, 0.6) is 0 Å². The van der Waals surface area contributed by atoms with Gasteiger partial charge in [-0.25, -0.2) is 19.3 Å². The second-order valence-corrected chi connectivity index (χ2v) is 7.95. The number of anilines is 1. The highest BCUT2D eigenvalue weighted by molar-refractivity contribution is 5.77. The highest BCUT2D eigenvalue weighted by atomic mass is 19.1. The van der Waals surface area contributed by atoms with Gasteiger partial charge in [-0.05, 0) is 51.4 Å². The van der Waals surface area contributed by atoms with Gasteiger partial charge in [-0.3, -0.25) is 4.90 Å². The molecule has 10 heteroatoms. The normalized spacial score (nSPS) is 19.8. The molecule has 0 spiro atoms. The van der Waals surface area contributed by atoms with Crippen LogP contribution in [0.1, 0.15) is 19.0 Å². The summed E-state index contributed by atoms with van der Waals surface area (Å²) in [6.45, 7) is 2.74. The van der Waals surface area contributed by atoms with Crippen molar-refractivity contribution in [3.8, 4) is 22.6 Å². The molecule has 2 aromatic heterocycles. The van der Waals surface area contributed by atoms with Gasteiger partial charge in [0.05, 0.1) is 43.1 Å². The van der Waals surface area contributed by atoms with Crippen molar-refractivity contribution >= 4 is 5.95 Å². The molecular formula is C22H27FN6O3. The molecular weight excluding hydrogens is 415 g/mol. The third kappa shape index (κ3) is 4.94. The lowest BCUT2D eigenvalue weighted by atomic mass is 10.1. The molecule has 0 radical (unpaired) electrons. The van der Waals surface area contributed by atoms with Gasteiger partial charge >= 0.3 is 0 Å². The molecule has 0 saturated carbocycles. The van der Waals surface area contributed by atoms with Crippen LogP contribution < -0.4 is 5.32 Å². The summed E-state index contributed by atoms with van der Waals surface area (Å²) in [4.78, 5) is 18.9. The maximum absolute atomic E-state index is 13.5. The predicted octanol–water partition coefficient (Wildman–Crippen LogP) is 2.65. The lowest BCUT2D eigenvalue weighted by Crippen LogP contribution is -2.32. The van der Waals surface area contributed by atoms with Gasteiger partial charge in [0.2, 0.25) is 12.2 Å². The van der Waals surface area contributed by atoms with E-state index in [1.165, 1.54) is 12.1 Å². The zero-order valence-electron chi connectivity index (χ0n) is 18.2. The molecule has 3 aromatic rings. The molecule has 170 valence electrons. The Kier molecular flexibility index (Phi) is 6.75. The molecule has 1 fully saturated rings. The van der Waals surface area contributed by atoms with Crippen molar-refractivity contribution in [2.24, 2.45) is 5.92 Å². The van der Waals surface area contributed by atoms with E-state index in [1.807, 2.05) is 25.9 Å². The number of halogens is 1. The van der Waals surface area contributed by atoms with Gasteiger partial charge in [0.15, 0.2) is 5.82 Å². The Balaban J connectivity index is 1.70. The van der Waals surface area contributed by atoms with Crippen LogP contribution in [0, 0.1) is 11.7 Å². The number of H-pyrrole nitrogens is 1. The molecule has 1 aliphatic heterocycles.